The standard InChI is InChI=1S/C20H24F3N3O4S/c1-2-9-25(13-17(27)24-16-7-6-15(21)19(22)20(16)23)12-14-5-8-18(30-14)31(28,29)26-10-3-4-11-26/h5-8H,2-4,9-13H2,1H3,(H,24,27). The van der Waals surface area contributed by atoms with Crippen LogP contribution in [0.4, 0.5) is 18.9 Å². The van der Waals surface area contributed by atoms with Gasteiger partial charge in [-0.1, -0.05) is 6.92 Å². The molecule has 1 amide bonds. The summed E-state index contributed by atoms with van der Waals surface area (Å²) in [5.74, 6) is -4.75. The van der Waals surface area contributed by atoms with Crippen molar-refractivity contribution in [3.8, 4) is 0 Å². The largest absolute Gasteiger partial charge is 0.447 e. The summed E-state index contributed by atoms with van der Waals surface area (Å²) >= 11 is 0. The van der Waals surface area contributed by atoms with Gasteiger partial charge in [-0.3, -0.25) is 9.69 Å². The Hall–Kier alpha value is -2.37. The molecule has 0 spiro atoms. The summed E-state index contributed by atoms with van der Waals surface area (Å²) in [6.45, 7) is 3.26. The molecule has 0 radical (unpaired) electrons. The predicted octanol–water partition coefficient (Wildman–Crippen LogP) is 3.33. The molecule has 0 bridgehead atoms. The van der Waals surface area contributed by atoms with E-state index in [1.807, 2.05) is 6.92 Å². The molecule has 1 aromatic heterocycles. The lowest BCUT2D eigenvalue weighted by Gasteiger charge is -2.20. The molecule has 1 aliphatic rings. The van der Waals surface area contributed by atoms with Gasteiger partial charge in [-0.15, -0.1) is 0 Å². The number of nitrogens with one attached hydrogen (secondary N) is 1. The van der Waals surface area contributed by atoms with E-state index >= 15 is 0 Å². The van der Waals surface area contributed by atoms with E-state index in [0.29, 0.717) is 31.8 Å². The highest BCUT2D eigenvalue weighted by atomic mass is 32.2. The quantitative estimate of drug-likeness (QED) is 0.582. The van der Waals surface area contributed by atoms with E-state index < -0.39 is 39.1 Å². The maximum Gasteiger partial charge on any atom is 0.276 e. The van der Waals surface area contributed by atoms with Crippen molar-refractivity contribution in [2.75, 3.05) is 31.5 Å². The van der Waals surface area contributed by atoms with Crippen LogP contribution >= 0.6 is 0 Å². The first kappa shape index (κ1) is 23.3. The van der Waals surface area contributed by atoms with E-state index in [4.69, 9.17) is 4.42 Å². The van der Waals surface area contributed by atoms with Crippen LogP contribution < -0.4 is 5.32 Å². The molecule has 11 heteroatoms. The van der Waals surface area contributed by atoms with E-state index in [1.54, 1.807) is 11.0 Å². The van der Waals surface area contributed by atoms with E-state index in [9.17, 15) is 26.4 Å². The molecule has 0 atom stereocenters. The lowest BCUT2D eigenvalue weighted by atomic mass is 10.2. The Kier molecular flexibility index (Phi) is 7.39. The summed E-state index contributed by atoms with van der Waals surface area (Å²) in [5.41, 5.74) is -0.461. The third kappa shape index (κ3) is 5.46. The summed E-state index contributed by atoms with van der Waals surface area (Å²) in [6.07, 6.45) is 2.31. The number of halogens is 3. The zero-order chi connectivity index (χ0) is 22.6. The van der Waals surface area contributed by atoms with Crippen molar-refractivity contribution in [1.82, 2.24) is 9.21 Å². The highest BCUT2D eigenvalue weighted by Gasteiger charge is 2.30. The van der Waals surface area contributed by atoms with Gasteiger partial charge in [-0.25, -0.2) is 21.6 Å². The van der Waals surface area contributed by atoms with Crippen LogP contribution in [0.2, 0.25) is 0 Å². The molecule has 3 rings (SSSR count). The second-order valence-electron chi connectivity index (χ2n) is 7.31. The van der Waals surface area contributed by atoms with E-state index in [2.05, 4.69) is 5.32 Å². The first-order valence-corrected chi connectivity index (χ1v) is 11.4. The molecular formula is C20H24F3N3O4S. The molecule has 0 saturated carbocycles. The molecule has 0 aliphatic carbocycles. The van der Waals surface area contributed by atoms with Crippen LogP contribution in [0.25, 0.3) is 0 Å². The first-order valence-electron chi connectivity index (χ1n) is 9.97. The Morgan fingerprint density at radius 2 is 1.84 bits per heavy atom. The fraction of sp³-hybridized carbons (Fsp3) is 0.450. The van der Waals surface area contributed by atoms with E-state index in [0.717, 1.165) is 25.0 Å². The SMILES string of the molecule is CCCN(CC(=O)Nc1ccc(F)c(F)c1F)Cc1ccc(S(=O)(=O)N2CCCC2)o1. The van der Waals surface area contributed by atoms with Gasteiger partial charge in [0.05, 0.1) is 18.8 Å². The second kappa shape index (κ2) is 9.84. The van der Waals surface area contributed by atoms with Crippen LogP contribution in [0.15, 0.2) is 33.8 Å². The number of carbonyl (C=O) groups excluding carboxylic acids is 1. The Morgan fingerprint density at radius 3 is 2.52 bits per heavy atom. The van der Waals surface area contributed by atoms with Gasteiger partial charge in [0.1, 0.15) is 5.76 Å². The molecule has 1 aromatic carbocycles. The van der Waals surface area contributed by atoms with Crippen molar-refractivity contribution in [2.45, 2.75) is 37.8 Å². The number of furan rings is 1. The van der Waals surface area contributed by atoms with Crippen molar-refractivity contribution in [3.63, 3.8) is 0 Å². The Balaban J connectivity index is 1.66. The average molecular weight is 459 g/mol. The highest BCUT2D eigenvalue weighted by Crippen LogP contribution is 2.24. The third-order valence-electron chi connectivity index (χ3n) is 4.89. The maximum atomic E-state index is 13.8. The number of amides is 1. The number of hydrogen-bond donors (Lipinski definition) is 1. The molecule has 7 nitrogen and oxygen atoms in total. The topological polar surface area (TPSA) is 82.9 Å². The van der Waals surface area contributed by atoms with Crippen molar-refractivity contribution < 1.29 is 30.8 Å². The van der Waals surface area contributed by atoms with Crippen molar-refractivity contribution in [1.29, 1.82) is 0 Å². The van der Waals surface area contributed by atoms with Crippen LogP contribution in [0.5, 0.6) is 0 Å². The molecule has 2 aromatic rings. The highest BCUT2D eigenvalue weighted by molar-refractivity contribution is 7.89. The third-order valence-corrected chi connectivity index (χ3v) is 6.66. The van der Waals surface area contributed by atoms with Crippen molar-refractivity contribution in [2.24, 2.45) is 0 Å². The van der Waals surface area contributed by atoms with Crippen molar-refractivity contribution in [3.05, 3.63) is 47.5 Å². The second-order valence-corrected chi connectivity index (χ2v) is 9.18. The molecule has 1 aliphatic heterocycles. The van der Waals surface area contributed by atoms with E-state index in [-0.39, 0.29) is 18.2 Å². The normalized spacial score (nSPS) is 15.0. The van der Waals surface area contributed by atoms with Gasteiger partial charge in [-0.2, -0.15) is 4.31 Å². The molecule has 31 heavy (non-hydrogen) atoms. The van der Waals surface area contributed by atoms with Gasteiger partial charge in [0.25, 0.3) is 10.0 Å². The van der Waals surface area contributed by atoms with Crippen LogP contribution in [0, 0.1) is 17.5 Å². The van der Waals surface area contributed by atoms with Crippen LogP contribution in [-0.2, 0) is 21.4 Å². The molecule has 2 heterocycles. The zero-order valence-corrected chi connectivity index (χ0v) is 17.9. The van der Waals surface area contributed by atoms with Crippen LogP contribution in [0.3, 0.4) is 0 Å². The molecule has 170 valence electrons. The van der Waals surface area contributed by atoms with Crippen LogP contribution in [-0.4, -0.2) is 49.7 Å². The van der Waals surface area contributed by atoms with Gasteiger partial charge in [0, 0.05) is 13.1 Å². The van der Waals surface area contributed by atoms with Gasteiger partial charge in [0.2, 0.25) is 11.0 Å². The fourth-order valence-corrected chi connectivity index (χ4v) is 4.85. The molecular weight excluding hydrogens is 435 g/mol. The van der Waals surface area contributed by atoms with Crippen LogP contribution in [0.1, 0.15) is 31.9 Å². The molecule has 1 saturated heterocycles. The van der Waals surface area contributed by atoms with E-state index in [1.165, 1.54) is 10.4 Å². The average Bonchev–Trinajstić information content (AvgIpc) is 3.41. The predicted molar refractivity (Wildman–Crippen MR) is 107 cm³/mol. The molecule has 1 N–H and O–H groups in total. The number of anilines is 1. The Labute approximate surface area is 178 Å². The minimum atomic E-state index is -3.68. The number of carbonyl (C=O) groups is 1. The molecule has 0 unspecified atom stereocenters. The lowest BCUT2D eigenvalue weighted by Crippen LogP contribution is -2.33. The number of benzene rings is 1. The van der Waals surface area contributed by atoms with Gasteiger partial charge in [0.15, 0.2) is 17.5 Å². The Morgan fingerprint density at radius 1 is 1.13 bits per heavy atom. The van der Waals surface area contributed by atoms with Gasteiger partial charge >= 0.3 is 0 Å². The summed E-state index contributed by atoms with van der Waals surface area (Å²) in [7, 11) is -3.68. The first-order chi connectivity index (χ1) is 14.7. The smallest absolute Gasteiger partial charge is 0.276 e. The molecule has 1 fully saturated rings. The van der Waals surface area contributed by atoms with Gasteiger partial charge in [-0.05, 0) is 50.1 Å². The summed E-state index contributed by atoms with van der Waals surface area (Å²) in [5, 5.41) is 2.08. The fourth-order valence-electron chi connectivity index (χ4n) is 3.40. The number of hydrogen-bond acceptors (Lipinski definition) is 5. The summed E-state index contributed by atoms with van der Waals surface area (Å²) in [6, 6.07) is 4.60. The minimum Gasteiger partial charge on any atom is -0.447 e. The number of sulfonamides is 1. The summed E-state index contributed by atoms with van der Waals surface area (Å²) < 4.78 is 72.2. The lowest BCUT2D eigenvalue weighted by molar-refractivity contribution is -0.117. The maximum absolute atomic E-state index is 13.8. The number of rotatable bonds is 9. The monoisotopic (exact) mass is 459 g/mol. The van der Waals surface area contributed by atoms with Crippen molar-refractivity contribution >= 4 is 21.6 Å². The minimum absolute atomic E-state index is 0.144. The Bertz CT molecular complexity index is 1040. The number of nitrogens with zero attached hydrogens (tertiary/aromatic N) is 2. The zero-order valence-electron chi connectivity index (χ0n) is 17.0. The van der Waals surface area contributed by atoms with Gasteiger partial charge < -0.3 is 9.73 Å². The summed E-state index contributed by atoms with van der Waals surface area (Å²) in [4.78, 5) is 14.0.